The van der Waals surface area contributed by atoms with Crippen molar-refractivity contribution in [3.05, 3.63) is 69.9 Å². The van der Waals surface area contributed by atoms with Crippen molar-refractivity contribution >= 4 is 11.6 Å². The van der Waals surface area contributed by atoms with Gasteiger partial charge in [0, 0.05) is 54.9 Å². The summed E-state index contributed by atoms with van der Waals surface area (Å²) < 4.78 is 15.5. The second-order valence-electron chi connectivity index (χ2n) is 6.78. The number of rotatable bonds is 2. The topological polar surface area (TPSA) is 92.1 Å². The van der Waals surface area contributed by atoms with Crippen LogP contribution in [0.25, 0.3) is 17.0 Å². The number of nitrogens with zero attached hydrogens (tertiary/aromatic N) is 6. The van der Waals surface area contributed by atoms with E-state index in [-0.39, 0.29) is 11.5 Å². The zero-order valence-electron chi connectivity index (χ0n) is 15.1. The highest BCUT2D eigenvalue weighted by Crippen LogP contribution is 2.28. The molecular weight excluding hydrogens is 361 g/mol. The number of H-pyrrole nitrogens is 1. The Morgan fingerprint density at radius 2 is 2.18 bits per heavy atom. The van der Waals surface area contributed by atoms with Crippen LogP contribution in [0.5, 0.6) is 0 Å². The molecule has 4 aromatic rings. The average molecular weight is 377 g/mol. The lowest BCUT2D eigenvalue weighted by molar-refractivity contribution is 0.625. The number of aromatic nitrogens is 6. The summed E-state index contributed by atoms with van der Waals surface area (Å²) in [6, 6.07) is 4.90. The molecule has 0 aromatic carbocycles. The van der Waals surface area contributed by atoms with Crippen LogP contribution in [0.3, 0.4) is 0 Å². The zero-order valence-corrected chi connectivity index (χ0v) is 15.1. The fraction of sp³-hybridized carbons (Fsp3) is 0.211. The molecule has 0 aliphatic carbocycles. The standard InChI is InChI=1S/C19H16FN7O/c1-11-9-27-18(24-25-19(27)28)23-17(11)26-6-4-15-13(10-26)7-12(8-22-15)16-14(20)3-2-5-21-16/h2-3,5,7-9H,4,6,10H2,1H3,(H,25,28). The maximum absolute atomic E-state index is 14.1. The predicted molar refractivity (Wildman–Crippen MR) is 101 cm³/mol. The zero-order chi connectivity index (χ0) is 19.3. The van der Waals surface area contributed by atoms with Crippen molar-refractivity contribution in [2.45, 2.75) is 19.9 Å². The highest BCUT2D eigenvalue weighted by Gasteiger charge is 2.22. The molecule has 5 heterocycles. The molecular formula is C19H16FN7O. The first-order chi connectivity index (χ1) is 13.6. The van der Waals surface area contributed by atoms with Gasteiger partial charge >= 0.3 is 5.69 Å². The normalized spacial score (nSPS) is 13.7. The van der Waals surface area contributed by atoms with Gasteiger partial charge in [-0.25, -0.2) is 18.7 Å². The number of hydrogen-bond acceptors (Lipinski definition) is 6. The fourth-order valence-electron chi connectivity index (χ4n) is 3.58. The van der Waals surface area contributed by atoms with E-state index >= 15 is 0 Å². The Balaban J connectivity index is 1.53. The highest BCUT2D eigenvalue weighted by atomic mass is 19.1. The molecule has 0 fully saturated rings. The first-order valence-corrected chi connectivity index (χ1v) is 8.88. The summed E-state index contributed by atoms with van der Waals surface area (Å²) in [5, 5.41) is 6.35. The Bertz CT molecular complexity index is 1260. The molecule has 0 saturated carbocycles. The van der Waals surface area contributed by atoms with Gasteiger partial charge in [-0.2, -0.15) is 4.98 Å². The Morgan fingerprint density at radius 1 is 1.29 bits per heavy atom. The van der Waals surface area contributed by atoms with Gasteiger partial charge in [0.2, 0.25) is 0 Å². The van der Waals surface area contributed by atoms with Crippen LogP contribution >= 0.6 is 0 Å². The molecule has 1 aliphatic rings. The number of nitrogens with one attached hydrogen (secondary N) is 1. The van der Waals surface area contributed by atoms with Crippen molar-refractivity contribution in [2.75, 3.05) is 11.4 Å². The van der Waals surface area contributed by atoms with Gasteiger partial charge in [0.25, 0.3) is 5.78 Å². The summed E-state index contributed by atoms with van der Waals surface area (Å²) >= 11 is 0. The molecule has 0 atom stereocenters. The molecule has 1 N–H and O–H groups in total. The third-order valence-corrected chi connectivity index (χ3v) is 4.94. The molecule has 140 valence electrons. The Kier molecular flexibility index (Phi) is 3.68. The summed E-state index contributed by atoms with van der Waals surface area (Å²) in [7, 11) is 0. The van der Waals surface area contributed by atoms with Gasteiger partial charge in [-0.15, -0.1) is 5.10 Å². The lowest BCUT2D eigenvalue weighted by Crippen LogP contribution is -2.32. The lowest BCUT2D eigenvalue weighted by Gasteiger charge is -2.30. The van der Waals surface area contributed by atoms with Crippen molar-refractivity contribution in [1.29, 1.82) is 0 Å². The van der Waals surface area contributed by atoms with Crippen molar-refractivity contribution < 1.29 is 4.39 Å². The number of fused-ring (bicyclic) bond motifs is 2. The van der Waals surface area contributed by atoms with Crippen LogP contribution < -0.4 is 10.6 Å². The predicted octanol–water partition coefficient (Wildman–Crippen LogP) is 1.88. The number of aryl methyl sites for hydroxylation is 1. The van der Waals surface area contributed by atoms with E-state index in [9.17, 15) is 9.18 Å². The number of pyridine rings is 2. The van der Waals surface area contributed by atoms with Gasteiger partial charge in [0.1, 0.15) is 17.3 Å². The third kappa shape index (κ3) is 2.63. The van der Waals surface area contributed by atoms with E-state index in [1.54, 1.807) is 24.7 Å². The molecule has 0 saturated heterocycles. The van der Waals surface area contributed by atoms with Gasteiger partial charge < -0.3 is 4.90 Å². The summed E-state index contributed by atoms with van der Waals surface area (Å²) in [5.41, 5.74) is 3.51. The van der Waals surface area contributed by atoms with Crippen LogP contribution in [-0.4, -0.2) is 36.1 Å². The van der Waals surface area contributed by atoms with Gasteiger partial charge in [0.05, 0.1) is 0 Å². The second kappa shape index (κ2) is 6.22. The molecule has 0 spiro atoms. The quantitative estimate of drug-likeness (QED) is 0.574. The number of hydrogen-bond donors (Lipinski definition) is 1. The Morgan fingerprint density at radius 3 is 3.04 bits per heavy atom. The highest BCUT2D eigenvalue weighted by molar-refractivity contribution is 5.61. The molecule has 28 heavy (non-hydrogen) atoms. The SMILES string of the molecule is Cc1cn2c(=O)[nH]nc2nc1N1CCc2ncc(-c3ncccc3F)cc2C1. The summed E-state index contributed by atoms with van der Waals surface area (Å²) in [4.78, 5) is 27.1. The van der Waals surface area contributed by atoms with Crippen LogP contribution in [-0.2, 0) is 13.0 Å². The van der Waals surface area contributed by atoms with Crippen LogP contribution in [0.2, 0.25) is 0 Å². The van der Waals surface area contributed by atoms with E-state index in [1.165, 1.54) is 10.5 Å². The number of aromatic amines is 1. The monoisotopic (exact) mass is 377 g/mol. The Labute approximate surface area is 158 Å². The molecule has 0 radical (unpaired) electrons. The molecule has 5 rings (SSSR count). The van der Waals surface area contributed by atoms with E-state index < -0.39 is 0 Å². The van der Waals surface area contributed by atoms with Gasteiger partial charge in [0.15, 0.2) is 0 Å². The summed E-state index contributed by atoms with van der Waals surface area (Å²) in [5.74, 6) is 0.731. The molecule has 8 nitrogen and oxygen atoms in total. The van der Waals surface area contributed by atoms with Crippen molar-refractivity contribution in [3.8, 4) is 11.3 Å². The average Bonchev–Trinajstić information content (AvgIpc) is 3.07. The fourth-order valence-corrected chi connectivity index (χ4v) is 3.58. The summed E-state index contributed by atoms with van der Waals surface area (Å²) in [6.07, 6.45) is 5.72. The smallest absolute Gasteiger partial charge is 0.348 e. The first kappa shape index (κ1) is 16.5. The lowest BCUT2D eigenvalue weighted by atomic mass is 10.0. The Hall–Kier alpha value is -3.62. The third-order valence-electron chi connectivity index (χ3n) is 4.94. The van der Waals surface area contributed by atoms with Gasteiger partial charge in [-0.3, -0.25) is 9.97 Å². The van der Waals surface area contributed by atoms with E-state index in [4.69, 9.17) is 0 Å². The van der Waals surface area contributed by atoms with E-state index in [0.29, 0.717) is 23.6 Å². The molecule has 0 bridgehead atoms. The largest absolute Gasteiger partial charge is 0.351 e. The minimum Gasteiger partial charge on any atom is -0.351 e. The van der Waals surface area contributed by atoms with Gasteiger partial charge in [-0.1, -0.05) is 0 Å². The minimum absolute atomic E-state index is 0.293. The van der Waals surface area contributed by atoms with Crippen molar-refractivity contribution in [2.24, 2.45) is 0 Å². The van der Waals surface area contributed by atoms with E-state index in [1.807, 2.05) is 13.0 Å². The van der Waals surface area contributed by atoms with Crippen molar-refractivity contribution in [3.63, 3.8) is 0 Å². The first-order valence-electron chi connectivity index (χ1n) is 8.88. The van der Waals surface area contributed by atoms with Crippen LogP contribution in [0.4, 0.5) is 10.2 Å². The van der Waals surface area contributed by atoms with E-state index in [2.05, 4.69) is 30.0 Å². The van der Waals surface area contributed by atoms with Crippen LogP contribution in [0, 0.1) is 12.7 Å². The molecule has 0 unspecified atom stereocenters. The van der Waals surface area contributed by atoms with E-state index in [0.717, 1.165) is 35.6 Å². The molecule has 0 amide bonds. The molecule has 4 aromatic heterocycles. The maximum atomic E-state index is 14.1. The molecule has 9 heteroatoms. The number of halogens is 1. The minimum atomic E-state index is -0.371. The van der Waals surface area contributed by atoms with Crippen LogP contribution in [0.1, 0.15) is 16.8 Å². The molecule has 1 aliphatic heterocycles. The second-order valence-corrected chi connectivity index (χ2v) is 6.78. The summed E-state index contributed by atoms with van der Waals surface area (Å²) in [6.45, 7) is 3.24. The van der Waals surface area contributed by atoms with Crippen molar-refractivity contribution in [1.82, 2.24) is 29.5 Å². The number of anilines is 1. The maximum Gasteiger partial charge on any atom is 0.348 e. The van der Waals surface area contributed by atoms with Crippen LogP contribution in [0.15, 0.2) is 41.6 Å². The van der Waals surface area contributed by atoms with Gasteiger partial charge in [-0.05, 0) is 30.7 Å².